The zero-order valence-electron chi connectivity index (χ0n) is 14.2. The van der Waals surface area contributed by atoms with Crippen LogP contribution in [0.15, 0.2) is 28.7 Å². The zero-order chi connectivity index (χ0) is 17.1. The average Bonchev–Trinajstić information content (AvgIpc) is 2.52. The minimum absolute atomic E-state index is 0.0772. The maximum absolute atomic E-state index is 12.4. The predicted octanol–water partition coefficient (Wildman–Crippen LogP) is 2.99. The van der Waals surface area contributed by atoms with E-state index in [9.17, 15) is 4.79 Å². The van der Waals surface area contributed by atoms with E-state index in [1.165, 1.54) is 5.56 Å². The van der Waals surface area contributed by atoms with Gasteiger partial charge in [0.05, 0.1) is 6.04 Å². The van der Waals surface area contributed by atoms with Gasteiger partial charge in [0.2, 0.25) is 5.91 Å². The molecule has 1 fully saturated rings. The normalized spacial score (nSPS) is 19.2. The molecule has 2 rings (SSSR count). The number of nitrogens with one attached hydrogen (secondary N) is 1. The Balaban J connectivity index is 2.13. The highest BCUT2D eigenvalue weighted by Crippen LogP contribution is 2.35. The number of hydrogen-bond acceptors (Lipinski definition) is 3. The topological polar surface area (TPSA) is 64.4 Å². The predicted molar refractivity (Wildman–Crippen MR) is 96.3 cm³/mol. The Morgan fingerprint density at radius 1 is 1.30 bits per heavy atom. The van der Waals surface area contributed by atoms with Crippen molar-refractivity contribution in [3.05, 3.63) is 34.3 Å². The Morgan fingerprint density at radius 2 is 1.87 bits per heavy atom. The second-order valence-corrected chi connectivity index (χ2v) is 8.38. The van der Waals surface area contributed by atoms with E-state index in [0.717, 1.165) is 30.5 Å². The average molecular weight is 383 g/mol. The van der Waals surface area contributed by atoms with Gasteiger partial charge in [-0.1, -0.05) is 48.8 Å². The number of nitrogens with two attached hydrogens (primary N) is 1. The molecule has 1 heterocycles. The highest BCUT2D eigenvalue weighted by molar-refractivity contribution is 9.10. The lowest BCUT2D eigenvalue weighted by atomic mass is 9.74. The summed E-state index contributed by atoms with van der Waals surface area (Å²) in [6, 6.07) is 7.85. The largest absolute Gasteiger partial charge is 0.381 e. The molecular formula is C18H27BrN2O2. The molecule has 128 valence electrons. The van der Waals surface area contributed by atoms with Crippen LogP contribution in [-0.2, 0) is 14.9 Å². The van der Waals surface area contributed by atoms with Crippen molar-refractivity contribution >= 4 is 21.8 Å². The third kappa shape index (κ3) is 4.55. The SMILES string of the molecule is CC(C)(C)[C@H](N)C(=O)NCC1(c2ccc(Br)cc2)CCOCC1. The first-order valence-electron chi connectivity index (χ1n) is 8.12. The lowest BCUT2D eigenvalue weighted by Gasteiger charge is -2.38. The molecule has 0 radical (unpaired) electrons. The van der Waals surface area contributed by atoms with Gasteiger partial charge in [-0.15, -0.1) is 0 Å². The van der Waals surface area contributed by atoms with Crippen molar-refractivity contribution in [1.82, 2.24) is 5.32 Å². The molecule has 0 bridgehead atoms. The van der Waals surface area contributed by atoms with E-state index in [1.807, 2.05) is 20.8 Å². The molecule has 4 nitrogen and oxygen atoms in total. The van der Waals surface area contributed by atoms with Gasteiger partial charge in [-0.25, -0.2) is 0 Å². The summed E-state index contributed by atoms with van der Waals surface area (Å²) in [5.74, 6) is -0.0829. The lowest BCUT2D eigenvalue weighted by Crippen LogP contribution is -2.52. The zero-order valence-corrected chi connectivity index (χ0v) is 15.8. The minimum atomic E-state index is -0.510. The van der Waals surface area contributed by atoms with E-state index in [-0.39, 0.29) is 16.7 Å². The number of amides is 1. The van der Waals surface area contributed by atoms with Crippen LogP contribution >= 0.6 is 15.9 Å². The third-order valence-corrected chi connectivity index (χ3v) is 5.25. The van der Waals surface area contributed by atoms with Crippen LogP contribution in [0.25, 0.3) is 0 Å². The molecule has 23 heavy (non-hydrogen) atoms. The molecule has 3 N–H and O–H groups in total. The van der Waals surface area contributed by atoms with Gasteiger partial charge in [0.15, 0.2) is 0 Å². The van der Waals surface area contributed by atoms with Crippen LogP contribution in [-0.4, -0.2) is 31.7 Å². The lowest BCUT2D eigenvalue weighted by molar-refractivity contribution is -0.125. The van der Waals surface area contributed by atoms with E-state index >= 15 is 0 Å². The summed E-state index contributed by atoms with van der Waals surface area (Å²) in [6.45, 7) is 7.98. The third-order valence-electron chi connectivity index (χ3n) is 4.72. The van der Waals surface area contributed by atoms with E-state index in [2.05, 4.69) is 45.5 Å². The van der Waals surface area contributed by atoms with Crippen molar-refractivity contribution in [2.24, 2.45) is 11.1 Å². The van der Waals surface area contributed by atoms with Crippen LogP contribution in [0.5, 0.6) is 0 Å². The molecule has 1 amide bonds. The van der Waals surface area contributed by atoms with E-state index in [4.69, 9.17) is 10.5 Å². The molecule has 0 aliphatic carbocycles. The van der Waals surface area contributed by atoms with E-state index in [1.54, 1.807) is 0 Å². The molecule has 1 aromatic rings. The molecule has 0 saturated carbocycles. The van der Waals surface area contributed by atoms with Crippen molar-refractivity contribution in [2.75, 3.05) is 19.8 Å². The second kappa shape index (κ2) is 7.32. The van der Waals surface area contributed by atoms with E-state index < -0.39 is 6.04 Å². The van der Waals surface area contributed by atoms with Crippen molar-refractivity contribution in [2.45, 2.75) is 45.1 Å². The Morgan fingerprint density at radius 3 is 2.39 bits per heavy atom. The number of rotatable bonds is 4. The molecule has 0 spiro atoms. The molecular weight excluding hydrogens is 356 g/mol. The van der Waals surface area contributed by atoms with Crippen LogP contribution in [0, 0.1) is 5.41 Å². The Labute approximate surface area is 147 Å². The molecule has 1 aliphatic heterocycles. The van der Waals surface area contributed by atoms with Crippen LogP contribution in [0.1, 0.15) is 39.2 Å². The summed E-state index contributed by atoms with van der Waals surface area (Å²) in [5, 5.41) is 3.08. The first-order valence-corrected chi connectivity index (χ1v) is 8.91. The van der Waals surface area contributed by atoms with Crippen LogP contribution in [0.4, 0.5) is 0 Å². The maximum Gasteiger partial charge on any atom is 0.237 e. The fourth-order valence-corrected chi connectivity index (χ4v) is 3.16. The molecule has 0 unspecified atom stereocenters. The van der Waals surface area contributed by atoms with Gasteiger partial charge >= 0.3 is 0 Å². The molecule has 0 aromatic heterocycles. The summed E-state index contributed by atoms with van der Waals surface area (Å²) in [7, 11) is 0. The standard InChI is InChI=1S/C18H27BrN2O2/c1-17(2,3)15(20)16(22)21-12-18(8-10-23-11-9-18)13-4-6-14(19)7-5-13/h4-7,15H,8-12,20H2,1-3H3,(H,21,22)/t15-/m1/s1. The van der Waals surface area contributed by atoms with Crippen molar-refractivity contribution in [1.29, 1.82) is 0 Å². The number of carbonyl (C=O) groups is 1. The first kappa shape index (κ1) is 18.4. The maximum atomic E-state index is 12.4. The second-order valence-electron chi connectivity index (χ2n) is 7.46. The van der Waals surface area contributed by atoms with Gasteiger partial charge in [0.1, 0.15) is 0 Å². The van der Waals surface area contributed by atoms with Gasteiger partial charge in [0.25, 0.3) is 0 Å². The summed E-state index contributed by atoms with van der Waals surface area (Å²) >= 11 is 3.48. The van der Waals surface area contributed by atoms with Gasteiger partial charge in [-0.3, -0.25) is 4.79 Å². The Bertz CT molecular complexity index is 531. The molecule has 1 atom stereocenters. The van der Waals surface area contributed by atoms with Gasteiger partial charge in [0, 0.05) is 29.6 Å². The number of halogens is 1. The highest BCUT2D eigenvalue weighted by atomic mass is 79.9. The van der Waals surface area contributed by atoms with E-state index in [0.29, 0.717) is 6.54 Å². The number of hydrogen-bond donors (Lipinski definition) is 2. The highest BCUT2D eigenvalue weighted by Gasteiger charge is 2.36. The quantitative estimate of drug-likeness (QED) is 0.840. The van der Waals surface area contributed by atoms with Gasteiger partial charge < -0.3 is 15.8 Å². The fourth-order valence-electron chi connectivity index (χ4n) is 2.89. The smallest absolute Gasteiger partial charge is 0.237 e. The van der Waals surface area contributed by atoms with Crippen LogP contribution in [0.2, 0.25) is 0 Å². The summed E-state index contributed by atoms with van der Waals surface area (Å²) in [6.07, 6.45) is 1.80. The molecule has 1 aliphatic rings. The number of ether oxygens (including phenoxy) is 1. The van der Waals surface area contributed by atoms with Crippen LogP contribution < -0.4 is 11.1 Å². The van der Waals surface area contributed by atoms with Crippen molar-refractivity contribution in [3.63, 3.8) is 0 Å². The fraction of sp³-hybridized carbons (Fsp3) is 0.611. The molecule has 5 heteroatoms. The Kier molecular flexibility index (Phi) is 5.87. The first-order chi connectivity index (χ1) is 10.7. The van der Waals surface area contributed by atoms with Crippen molar-refractivity contribution in [3.8, 4) is 0 Å². The van der Waals surface area contributed by atoms with Crippen molar-refractivity contribution < 1.29 is 9.53 Å². The van der Waals surface area contributed by atoms with Gasteiger partial charge in [-0.2, -0.15) is 0 Å². The van der Waals surface area contributed by atoms with Crippen LogP contribution in [0.3, 0.4) is 0 Å². The Hall–Kier alpha value is -0.910. The molecule has 1 aromatic carbocycles. The number of carbonyl (C=O) groups excluding carboxylic acids is 1. The minimum Gasteiger partial charge on any atom is -0.381 e. The summed E-state index contributed by atoms with van der Waals surface area (Å²) in [5.41, 5.74) is 6.99. The summed E-state index contributed by atoms with van der Waals surface area (Å²) < 4.78 is 6.59. The number of benzene rings is 1. The summed E-state index contributed by atoms with van der Waals surface area (Å²) in [4.78, 5) is 12.4. The monoisotopic (exact) mass is 382 g/mol. The van der Waals surface area contributed by atoms with Gasteiger partial charge in [-0.05, 0) is 36.0 Å². The molecule has 1 saturated heterocycles.